The molecular formula is C17H17N7OS. The molecule has 132 valence electrons. The van der Waals surface area contributed by atoms with Crippen LogP contribution in [0.25, 0.3) is 11.4 Å². The molecule has 0 saturated carbocycles. The van der Waals surface area contributed by atoms with Gasteiger partial charge in [-0.25, -0.2) is 9.97 Å². The number of hydrogen-bond donors (Lipinski definition) is 1. The number of hydrogen-bond acceptors (Lipinski definition) is 8. The minimum absolute atomic E-state index is 0.326. The van der Waals surface area contributed by atoms with Gasteiger partial charge in [-0.05, 0) is 31.4 Å². The van der Waals surface area contributed by atoms with Crippen LogP contribution in [0.1, 0.15) is 29.6 Å². The smallest absolute Gasteiger partial charge is 0.261 e. The van der Waals surface area contributed by atoms with Gasteiger partial charge in [0, 0.05) is 25.5 Å². The SMILES string of the molecule is O=C(Nc1nncs1)c1cnc(N2CCCCC2)nc1-c1ccccn1. The van der Waals surface area contributed by atoms with Crippen LogP contribution in [0.3, 0.4) is 0 Å². The van der Waals surface area contributed by atoms with E-state index in [2.05, 4.69) is 35.4 Å². The number of nitrogens with one attached hydrogen (secondary N) is 1. The van der Waals surface area contributed by atoms with E-state index in [1.807, 2.05) is 18.2 Å². The van der Waals surface area contributed by atoms with E-state index in [1.165, 1.54) is 17.8 Å². The molecule has 1 saturated heterocycles. The van der Waals surface area contributed by atoms with Crippen molar-refractivity contribution < 1.29 is 4.79 Å². The van der Waals surface area contributed by atoms with Gasteiger partial charge in [0.2, 0.25) is 11.1 Å². The summed E-state index contributed by atoms with van der Waals surface area (Å²) < 4.78 is 0. The zero-order valence-corrected chi connectivity index (χ0v) is 14.8. The quantitative estimate of drug-likeness (QED) is 0.757. The second-order valence-electron chi connectivity index (χ2n) is 5.89. The molecule has 0 atom stereocenters. The fraction of sp³-hybridized carbons (Fsp3) is 0.294. The van der Waals surface area contributed by atoms with Gasteiger partial charge in [0.15, 0.2) is 0 Å². The minimum Gasteiger partial charge on any atom is -0.341 e. The molecule has 9 heteroatoms. The van der Waals surface area contributed by atoms with Crippen molar-refractivity contribution in [2.75, 3.05) is 23.3 Å². The molecule has 1 aliphatic heterocycles. The summed E-state index contributed by atoms with van der Waals surface area (Å²) in [6.07, 6.45) is 6.73. The lowest BCUT2D eigenvalue weighted by atomic mass is 10.1. The van der Waals surface area contributed by atoms with Crippen molar-refractivity contribution in [3.05, 3.63) is 41.7 Å². The third-order valence-electron chi connectivity index (χ3n) is 4.15. The molecule has 0 bridgehead atoms. The topological polar surface area (TPSA) is 96.8 Å². The number of pyridine rings is 1. The van der Waals surface area contributed by atoms with E-state index in [0.29, 0.717) is 28.0 Å². The summed E-state index contributed by atoms with van der Waals surface area (Å²) in [5.74, 6) is 0.311. The monoisotopic (exact) mass is 367 g/mol. The van der Waals surface area contributed by atoms with Gasteiger partial charge in [-0.15, -0.1) is 10.2 Å². The minimum atomic E-state index is -0.326. The van der Waals surface area contributed by atoms with Crippen molar-refractivity contribution in [2.45, 2.75) is 19.3 Å². The summed E-state index contributed by atoms with van der Waals surface area (Å²) in [7, 11) is 0. The van der Waals surface area contributed by atoms with Gasteiger partial charge in [-0.1, -0.05) is 17.4 Å². The molecule has 0 spiro atoms. The highest BCUT2D eigenvalue weighted by atomic mass is 32.1. The van der Waals surface area contributed by atoms with Crippen molar-refractivity contribution in [2.24, 2.45) is 0 Å². The van der Waals surface area contributed by atoms with Gasteiger partial charge < -0.3 is 4.90 Å². The molecular weight excluding hydrogens is 350 g/mol. The molecule has 0 radical (unpaired) electrons. The molecule has 1 N–H and O–H groups in total. The Morgan fingerprint density at radius 1 is 1.15 bits per heavy atom. The van der Waals surface area contributed by atoms with Crippen molar-refractivity contribution in [1.29, 1.82) is 0 Å². The van der Waals surface area contributed by atoms with Crippen LogP contribution in [0.2, 0.25) is 0 Å². The Morgan fingerprint density at radius 2 is 2.04 bits per heavy atom. The molecule has 1 aliphatic rings. The largest absolute Gasteiger partial charge is 0.341 e. The Hall–Kier alpha value is -2.94. The zero-order chi connectivity index (χ0) is 17.8. The van der Waals surface area contributed by atoms with Crippen molar-refractivity contribution in [3.8, 4) is 11.4 Å². The lowest BCUT2D eigenvalue weighted by molar-refractivity contribution is 0.102. The predicted octanol–water partition coefficient (Wildman–Crippen LogP) is 2.63. The molecule has 0 aliphatic carbocycles. The van der Waals surface area contributed by atoms with Crippen LogP contribution in [0.15, 0.2) is 36.1 Å². The van der Waals surface area contributed by atoms with E-state index in [9.17, 15) is 4.79 Å². The number of carbonyl (C=O) groups is 1. The normalized spacial score (nSPS) is 14.2. The van der Waals surface area contributed by atoms with Crippen LogP contribution in [-0.4, -0.2) is 44.1 Å². The molecule has 0 aromatic carbocycles. The fourth-order valence-electron chi connectivity index (χ4n) is 2.88. The highest BCUT2D eigenvalue weighted by Crippen LogP contribution is 2.24. The van der Waals surface area contributed by atoms with Crippen LogP contribution in [0, 0.1) is 0 Å². The number of piperidine rings is 1. The Morgan fingerprint density at radius 3 is 2.77 bits per heavy atom. The second-order valence-corrected chi connectivity index (χ2v) is 6.73. The van der Waals surface area contributed by atoms with Crippen LogP contribution >= 0.6 is 11.3 Å². The second kappa shape index (κ2) is 7.52. The molecule has 8 nitrogen and oxygen atoms in total. The first-order chi connectivity index (χ1) is 12.8. The summed E-state index contributed by atoms with van der Waals surface area (Å²) in [4.78, 5) is 28.3. The van der Waals surface area contributed by atoms with E-state index >= 15 is 0 Å². The standard InChI is InChI=1S/C17H17N7OS/c25-15(22-17-23-20-11-26-17)12-10-19-16(24-8-4-1-5-9-24)21-14(12)13-6-2-3-7-18-13/h2-3,6-7,10-11H,1,4-5,8-9H2,(H,22,23,25). The first-order valence-corrected chi connectivity index (χ1v) is 9.30. The number of carbonyl (C=O) groups excluding carboxylic acids is 1. The third-order valence-corrected chi connectivity index (χ3v) is 4.75. The predicted molar refractivity (Wildman–Crippen MR) is 99.2 cm³/mol. The highest BCUT2D eigenvalue weighted by molar-refractivity contribution is 7.13. The van der Waals surface area contributed by atoms with Crippen LogP contribution in [-0.2, 0) is 0 Å². The van der Waals surface area contributed by atoms with Crippen LogP contribution in [0.4, 0.5) is 11.1 Å². The Balaban J connectivity index is 1.71. The molecule has 1 fully saturated rings. The maximum atomic E-state index is 12.7. The van der Waals surface area contributed by atoms with Gasteiger partial charge >= 0.3 is 0 Å². The molecule has 4 heterocycles. The fourth-order valence-corrected chi connectivity index (χ4v) is 3.32. The molecule has 4 rings (SSSR count). The van der Waals surface area contributed by atoms with Crippen molar-refractivity contribution in [1.82, 2.24) is 25.1 Å². The average molecular weight is 367 g/mol. The number of rotatable bonds is 4. The first-order valence-electron chi connectivity index (χ1n) is 8.42. The molecule has 26 heavy (non-hydrogen) atoms. The number of amides is 1. The average Bonchev–Trinajstić information content (AvgIpc) is 3.22. The number of nitrogens with zero attached hydrogens (tertiary/aromatic N) is 6. The molecule has 1 amide bonds. The Kier molecular flexibility index (Phi) is 4.78. The lowest BCUT2D eigenvalue weighted by Crippen LogP contribution is -2.31. The third kappa shape index (κ3) is 3.52. The van der Waals surface area contributed by atoms with E-state index in [4.69, 9.17) is 0 Å². The molecule has 3 aromatic rings. The van der Waals surface area contributed by atoms with Gasteiger partial charge in [-0.2, -0.15) is 0 Å². The summed E-state index contributed by atoms with van der Waals surface area (Å²) in [5, 5.41) is 10.7. The van der Waals surface area contributed by atoms with Crippen molar-refractivity contribution in [3.63, 3.8) is 0 Å². The number of aromatic nitrogens is 5. The summed E-state index contributed by atoms with van der Waals surface area (Å²) in [6.45, 7) is 1.86. The van der Waals surface area contributed by atoms with E-state index < -0.39 is 0 Å². The van der Waals surface area contributed by atoms with Crippen LogP contribution in [0.5, 0.6) is 0 Å². The summed E-state index contributed by atoms with van der Waals surface area (Å²) in [5.41, 5.74) is 3.07. The Bertz CT molecular complexity index is 879. The molecule has 0 unspecified atom stereocenters. The van der Waals surface area contributed by atoms with Gasteiger partial charge in [-0.3, -0.25) is 15.1 Å². The van der Waals surface area contributed by atoms with E-state index in [0.717, 1.165) is 25.9 Å². The summed E-state index contributed by atoms with van der Waals surface area (Å²) >= 11 is 1.25. The van der Waals surface area contributed by atoms with Gasteiger partial charge in [0.25, 0.3) is 5.91 Å². The van der Waals surface area contributed by atoms with Crippen molar-refractivity contribution >= 4 is 28.3 Å². The van der Waals surface area contributed by atoms with Crippen LogP contribution < -0.4 is 10.2 Å². The Labute approximate surface area is 154 Å². The van der Waals surface area contributed by atoms with E-state index in [1.54, 1.807) is 17.9 Å². The highest BCUT2D eigenvalue weighted by Gasteiger charge is 2.21. The van der Waals surface area contributed by atoms with Gasteiger partial charge in [0.05, 0.1) is 11.3 Å². The summed E-state index contributed by atoms with van der Waals surface area (Å²) in [6, 6.07) is 5.54. The lowest BCUT2D eigenvalue weighted by Gasteiger charge is -2.27. The van der Waals surface area contributed by atoms with Gasteiger partial charge in [0.1, 0.15) is 11.2 Å². The molecule has 3 aromatic heterocycles. The first kappa shape index (κ1) is 16.5. The van der Waals surface area contributed by atoms with E-state index in [-0.39, 0.29) is 5.91 Å². The maximum Gasteiger partial charge on any atom is 0.261 e. The maximum absolute atomic E-state index is 12.7. The zero-order valence-electron chi connectivity index (χ0n) is 14.0. The number of anilines is 2.